The van der Waals surface area contributed by atoms with E-state index < -0.39 is 97.5 Å². The van der Waals surface area contributed by atoms with Crippen LogP contribution in [-0.4, -0.2) is 96.7 Å². The molecule has 0 rings (SSSR count). The first-order valence-electron chi connectivity index (χ1n) is 36.8. The van der Waals surface area contributed by atoms with Crippen molar-refractivity contribution in [3.63, 3.8) is 0 Å². The molecule has 0 aliphatic carbocycles. The van der Waals surface area contributed by atoms with Crippen molar-refractivity contribution < 1.29 is 80.2 Å². The van der Waals surface area contributed by atoms with E-state index in [1.54, 1.807) is 0 Å². The lowest BCUT2D eigenvalue weighted by Gasteiger charge is -2.21. The van der Waals surface area contributed by atoms with Crippen LogP contribution < -0.4 is 0 Å². The number of unbranched alkanes of at least 4 members (excludes halogenated alkanes) is 37. The molecular weight excluding hydrogens is 1190 g/mol. The van der Waals surface area contributed by atoms with Crippen LogP contribution in [0.25, 0.3) is 0 Å². The van der Waals surface area contributed by atoms with E-state index in [-0.39, 0.29) is 25.7 Å². The van der Waals surface area contributed by atoms with Gasteiger partial charge in [-0.3, -0.25) is 37.3 Å². The summed E-state index contributed by atoms with van der Waals surface area (Å²) in [6.45, 7) is 11.8. The zero-order chi connectivity index (χ0) is 66.6. The van der Waals surface area contributed by atoms with Crippen molar-refractivity contribution in [2.75, 3.05) is 39.6 Å². The second-order valence-electron chi connectivity index (χ2n) is 27.1. The summed E-state index contributed by atoms with van der Waals surface area (Å²) in [5.41, 5.74) is 0. The van der Waals surface area contributed by atoms with Crippen LogP contribution in [0, 0.1) is 17.8 Å². The zero-order valence-electron chi connectivity index (χ0n) is 58.6. The van der Waals surface area contributed by atoms with Crippen molar-refractivity contribution in [1.82, 2.24) is 0 Å². The van der Waals surface area contributed by atoms with Crippen LogP contribution in [0.3, 0.4) is 0 Å². The van der Waals surface area contributed by atoms with Crippen molar-refractivity contribution in [1.29, 1.82) is 0 Å². The maximum absolute atomic E-state index is 13.0. The number of hydrogen-bond donors (Lipinski definition) is 3. The van der Waals surface area contributed by atoms with Gasteiger partial charge in [0, 0.05) is 25.7 Å². The molecule has 0 fully saturated rings. The van der Waals surface area contributed by atoms with Gasteiger partial charge in [-0.25, -0.2) is 9.13 Å². The number of phosphoric ester groups is 2. The van der Waals surface area contributed by atoms with Crippen LogP contribution in [-0.2, 0) is 65.4 Å². The maximum Gasteiger partial charge on any atom is 0.472 e. The third-order valence-electron chi connectivity index (χ3n) is 16.4. The van der Waals surface area contributed by atoms with Gasteiger partial charge in [-0.1, -0.05) is 305 Å². The highest BCUT2D eigenvalue weighted by Crippen LogP contribution is 2.45. The predicted molar refractivity (Wildman–Crippen MR) is 363 cm³/mol. The van der Waals surface area contributed by atoms with Crippen LogP contribution >= 0.6 is 15.6 Å². The summed E-state index contributed by atoms with van der Waals surface area (Å²) in [4.78, 5) is 72.5. The first kappa shape index (κ1) is 88.1. The van der Waals surface area contributed by atoms with Gasteiger partial charge in [0.25, 0.3) is 0 Å². The standard InChI is InChI=1S/C71H138O17P2/c1-8-9-10-11-12-13-18-24-32-40-47-54-70(75)88-67(59-82-69(74)53-46-39-34-27-30-37-44-51-64(6)7)61-86-90(79,80)84-57-65(72)56-83-89(77,78)85-60-66(58-81-68(73)52-45-38-31-26-21-23-29-36-43-50-63(4)5)87-71(76)55-48-41-33-25-20-17-15-14-16-19-22-28-35-42-49-62(2)3/h62-67,72H,8-61H2,1-7H3,(H,77,78)(H,79,80)/t65-,66-,67-/m1/s1. The Balaban J connectivity index is 5.24. The molecular formula is C71H138O17P2. The maximum atomic E-state index is 13.0. The van der Waals surface area contributed by atoms with Crippen LogP contribution in [0.2, 0.25) is 0 Å². The molecule has 0 aliphatic rings. The van der Waals surface area contributed by atoms with Crippen LogP contribution in [0.15, 0.2) is 0 Å². The molecule has 0 saturated carbocycles. The van der Waals surface area contributed by atoms with Crippen molar-refractivity contribution in [3.8, 4) is 0 Å². The molecule has 0 aromatic heterocycles. The van der Waals surface area contributed by atoms with Gasteiger partial charge >= 0.3 is 39.5 Å². The van der Waals surface area contributed by atoms with Gasteiger partial charge in [-0.2, -0.15) is 0 Å². The number of hydrogen-bond acceptors (Lipinski definition) is 15. The van der Waals surface area contributed by atoms with E-state index in [1.165, 1.54) is 161 Å². The number of carbonyl (C=O) groups is 4. The summed E-state index contributed by atoms with van der Waals surface area (Å²) < 4.78 is 68.3. The van der Waals surface area contributed by atoms with Gasteiger partial charge in [0.15, 0.2) is 12.2 Å². The van der Waals surface area contributed by atoms with Crippen molar-refractivity contribution in [2.24, 2.45) is 17.8 Å². The van der Waals surface area contributed by atoms with Gasteiger partial charge in [0.05, 0.1) is 26.4 Å². The summed E-state index contributed by atoms with van der Waals surface area (Å²) in [7, 11) is -9.90. The fourth-order valence-electron chi connectivity index (χ4n) is 10.7. The van der Waals surface area contributed by atoms with Crippen molar-refractivity contribution >= 4 is 39.5 Å². The Morgan fingerprint density at radius 3 is 0.756 bits per heavy atom. The molecule has 0 amide bonds. The summed E-state index contributed by atoms with van der Waals surface area (Å²) >= 11 is 0. The molecule has 2 unspecified atom stereocenters. The number of carbonyl (C=O) groups excluding carboxylic acids is 4. The molecule has 0 aliphatic heterocycles. The molecule has 0 saturated heterocycles. The van der Waals surface area contributed by atoms with Crippen molar-refractivity contribution in [3.05, 3.63) is 0 Å². The van der Waals surface area contributed by atoms with Crippen LogP contribution in [0.5, 0.6) is 0 Å². The average molecular weight is 1330 g/mol. The second kappa shape index (κ2) is 61.9. The molecule has 0 radical (unpaired) electrons. The molecule has 5 atom stereocenters. The van der Waals surface area contributed by atoms with Gasteiger partial charge in [0.2, 0.25) is 0 Å². The van der Waals surface area contributed by atoms with Gasteiger partial charge in [-0.15, -0.1) is 0 Å². The predicted octanol–water partition coefficient (Wildman–Crippen LogP) is 20.2. The first-order chi connectivity index (χ1) is 43.2. The van der Waals surface area contributed by atoms with E-state index >= 15 is 0 Å². The third kappa shape index (κ3) is 64.8. The van der Waals surface area contributed by atoms with E-state index in [0.29, 0.717) is 31.6 Å². The quantitative estimate of drug-likeness (QED) is 0.0222. The lowest BCUT2D eigenvalue weighted by molar-refractivity contribution is -0.161. The van der Waals surface area contributed by atoms with E-state index in [9.17, 15) is 43.2 Å². The molecule has 19 heteroatoms. The number of rotatable bonds is 69. The number of phosphoric acid groups is 2. The third-order valence-corrected chi connectivity index (χ3v) is 18.3. The lowest BCUT2D eigenvalue weighted by Crippen LogP contribution is -2.30. The van der Waals surface area contributed by atoms with Gasteiger partial charge < -0.3 is 33.8 Å². The molecule has 0 heterocycles. The highest BCUT2D eigenvalue weighted by Gasteiger charge is 2.30. The number of aliphatic hydroxyl groups is 1. The molecule has 90 heavy (non-hydrogen) atoms. The minimum absolute atomic E-state index is 0.106. The monoisotopic (exact) mass is 1320 g/mol. The summed E-state index contributed by atoms with van der Waals surface area (Å²) in [5, 5.41) is 10.6. The van der Waals surface area contributed by atoms with E-state index in [1.807, 2.05) is 0 Å². The summed E-state index contributed by atoms with van der Waals surface area (Å²) in [6, 6.07) is 0. The Labute approximate surface area is 549 Å². The number of ether oxygens (including phenoxy) is 4. The molecule has 17 nitrogen and oxygen atoms in total. The molecule has 0 aromatic carbocycles. The highest BCUT2D eigenvalue weighted by molar-refractivity contribution is 7.47. The minimum atomic E-state index is -4.95. The highest BCUT2D eigenvalue weighted by atomic mass is 31.2. The van der Waals surface area contributed by atoms with Gasteiger partial charge in [0.1, 0.15) is 19.3 Å². The number of aliphatic hydroxyl groups excluding tert-OH is 1. The summed E-state index contributed by atoms with van der Waals surface area (Å²) in [5.74, 6) is 0.119. The fraction of sp³-hybridized carbons (Fsp3) is 0.944. The Morgan fingerprint density at radius 2 is 0.511 bits per heavy atom. The normalized spacial score (nSPS) is 14.2. The Bertz CT molecular complexity index is 1770. The topological polar surface area (TPSA) is 237 Å². The average Bonchev–Trinajstić information content (AvgIpc) is 3.42. The smallest absolute Gasteiger partial charge is 0.462 e. The van der Waals surface area contributed by atoms with E-state index in [2.05, 4.69) is 48.5 Å². The lowest BCUT2D eigenvalue weighted by atomic mass is 10.0. The zero-order valence-corrected chi connectivity index (χ0v) is 60.4. The second-order valence-corrected chi connectivity index (χ2v) is 30.0. The minimum Gasteiger partial charge on any atom is -0.462 e. The molecule has 534 valence electrons. The van der Waals surface area contributed by atoms with E-state index in [4.69, 9.17) is 37.0 Å². The van der Waals surface area contributed by atoms with Crippen molar-refractivity contribution in [2.45, 2.75) is 375 Å². The first-order valence-corrected chi connectivity index (χ1v) is 39.8. The molecule has 0 bridgehead atoms. The molecule has 0 spiro atoms. The SMILES string of the molecule is CCCCCCCCCCCCCC(=O)O[C@H](COC(=O)CCCCCCCCCC(C)C)COP(=O)(O)OC[C@H](O)COP(=O)(O)OC[C@@H](COC(=O)CCCCCCCCCCCC(C)C)OC(=O)CCCCCCCCCCCCCCCCC(C)C. The molecule has 3 N–H and O–H groups in total. The Morgan fingerprint density at radius 1 is 0.300 bits per heavy atom. The van der Waals surface area contributed by atoms with Crippen LogP contribution in [0.4, 0.5) is 0 Å². The molecule has 0 aromatic rings. The van der Waals surface area contributed by atoms with E-state index in [0.717, 1.165) is 108 Å². The number of esters is 4. The van der Waals surface area contributed by atoms with Crippen LogP contribution in [0.1, 0.15) is 357 Å². The Hall–Kier alpha value is -1.94. The largest absolute Gasteiger partial charge is 0.472 e. The summed E-state index contributed by atoms with van der Waals surface area (Å²) in [6.07, 6.45) is 45.8. The van der Waals surface area contributed by atoms with Gasteiger partial charge in [-0.05, 0) is 43.4 Å². The Kier molecular flexibility index (Phi) is 60.6. The fourth-order valence-corrected chi connectivity index (χ4v) is 12.3.